The van der Waals surface area contributed by atoms with Crippen LogP contribution in [0.2, 0.25) is 0 Å². The molecule has 36 heavy (non-hydrogen) atoms. The lowest BCUT2D eigenvalue weighted by atomic mass is 10.0. The van der Waals surface area contributed by atoms with Crippen molar-refractivity contribution >= 4 is 21.8 Å². The van der Waals surface area contributed by atoms with Gasteiger partial charge in [0.2, 0.25) is 5.91 Å². The van der Waals surface area contributed by atoms with Gasteiger partial charge in [-0.2, -0.15) is 0 Å². The molecule has 0 radical (unpaired) electrons. The maximum Gasteiger partial charge on any atom is 0.318 e. The topological polar surface area (TPSA) is 105 Å². The Kier molecular flexibility index (Phi) is 10.5. The first kappa shape index (κ1) is 27.4. The number of morpholine rings is 1. The lowest BCUT2D eigenvalue weighted by Gasteiger charge is -2.29. The van der Waals surface area contributed by atoms with Crippen molar-refractivity contribution < 1.29 is 22.7 Å². The second-order valence-electron chi connectivity index (χ2n) is 8.74. The molecule has 9 heteroatoms. The lowest BCUT2D eigenvalue weighted by molar-refractivity contribution is -0.123. The summed E-state index contributed by atoms with van der Waals surface area (Å²) >= 11 is 0. The van der Waals surface area contributed by atoms with Crippen molar-refractivity contribution in [3.63, 3.8) is 0 Å². The smallest absolute Gasteiger partial charge is 0.318 e. The Bertz CT molecular complexity index is 1100. The molecule has 1 saturated heterocycles. The number of nitrogens with one attached hydrogen (secondary N) is 2. The third-order valence-corrected chi connectivity index (χ3v) is 7.40. The normalized spacial score (nSPS) is 15.9. The Morgan fingerprint density at radius 1 is 1.00 bits per heavy atom. The lowest BCUT2D eigenvalue weighted by Crippen LogP contribution is -2.55. The molecule has 3 rings (SSSR count). The molecule has 2 atom stereocenters. The number of nitrogens with zero attached hydrogens (tertiary/aromatic N) is 1. The molecule has 0 aliphatic carbocycles. The molecule has 2 aromatic carbocycles. The molecule has 2 aromatic rings. The van der Waals surface area contributed by atoms with Crippen molar-refractivity contribution in [3.8, 4) is 0 Å². The zero-order valence-electron chi connectivity index (χ0n) is 20.6. The molecule has 0 saturated carbocycles. The number of hydrogen-bond donors (Lipinski definition) is 2. The molecule has 194 valence electrons. The first-order chi connectivity index (χ1) is 17.4. The van der Waals surface area contributed by atoms with Gasteiger partial charge in [0.15, 0.2) is 9.84 Å². The first-order valence-electron chi connectivity index (χ1n) is 12.3. The molecule has 0 aromatic heterocycles. The van der Waals surface area contributed by atoms with E-state index in [1.54, 1.807) is 23.1 Å². The average molecular weight is 514 g/mol. The largest absolute Gasteiger partial charge is 0.378 e. The van der Waals surface area contributed by atoms with Crippen LogP contribution in [0.3, 0.4) is 0 Å². The Hall–Kier alpha value is -3.17. The van der Waals surface area contributed by atoms with Gasteiger partial charge in [-0.25, -0.2) is 13.2 Å². The minimum absolute atomic E-state index is 0.196. The molecular weight excluding hydrogens is 478 g/mol. The summed E-state index contributed by atoms with van der Waals surface area (Å²) < 4.78 is 30.8. The number of sulfone groups is 1. The van der Waals surface area contributed by atoms with Gasteiger partial charge in [-0.1, -0.05) is 74.4 Å². The van der Waals surface area contributed by atoms with Crippen molar-refractivity contribution in [1.82, 2.24) is 15.5 Å². The van der Waals surface area contributed by atoms with Crippen LogP contribution < -0.4 is 10.6 Å². The van der Waals surface area contributed by atoms with Gasteiger partial charge in [0.1, 0.15) is 6.04 Å². The van der Waals surface area contributed by atoms with Gasteiger partial charge >= 0.3 is 6.03 Å². The summed E-state index contributed by atoms with van der Waals surface area (Å²) in [4.78, 5) is 28.1. The molecule has 3 amide bonds. The summed E-state index contributed by atoms with van der Waals surface area (Å²) in [5, 5.41) is 6.98. The number of ether oxygens (including phenoxy) is 1. The van der Waals surface area contributed by atoms with E-state index in [0.29, 0.717) is 39.1 Å². The zero-order chi connectivity index (χ0) is 25.8. The Morgan fingerprint density at radius 3 is 2.28 bits per heavy atom. The highest BCUT2D eigenvalue weighted by Gasteiger charge is 2.26. The number of unbranched alkanes of at least 4 members (excludes halogenated alkanes) is 1. The SMILES string of the molecule is CCCC[C@@H](C=CS(=O)(=O)c1ccccc1)NC(=O)[C@H](Cc1ccccc1)NC(=O)N1CCOCC1. The predicted octanol–water partition coefficient (Wildman–Crippen LogP) is 3.30. The van der Waals surface area contributed by atoms with Crippen LogP contribution in [-0.4, -0.2) is 63.6 Å². The molecule has 2 N–H and O–H groups in total. The number of carbonyl (C=O) groups excluding carboxylic acids is 2. The van der Waals surface area contributed by atoms with Crippen LogP contribution >= 0.6 is 0 Å². The van der Waals surface area contributed by atoms with Crippen LogP contribution in [0, 0.1) is 0 Å². The number of urea groups is 1. The highest BCUT2D eigenvalue weighted by molar-refractivity contribution is 7.94. The average Bonchev–Trinajstić information content (AvgIpc) is 2.91. The highest BCUT2D eigenvalue weighted by atomic mass is 32.2. The summed E-state index contributed by atoms with van der Waals surface area (Å²) in [5.41, 5.74) is 0.909. The summed E-state index contributed by atoms with van der Waals surface area (Å²) in [6.07, 6.45) is 4.13. The summed E-state index contributed by atoms with van der Waals surface area (Å²) in [5.74, 6) is -0.358. The van der Waals surface area contributed by atoms with E-state index >= 15 is 0 Å². The maximum absolute atomic E-state index is 13.4. The maximum atomic E-state index is 13.4. The summed E-state index contributed by atoms with van der Waals surface area (Å²) in [7, 11) is -3.64. The van der Waals surface area contributed by atoms with E-state index in [-0.39, 0.29) is 16.8 Å². The third-order valence-electron chi connectivity index (χ3n) is 5.95. The van der Waals surface area contributed by atoms with Crippen LogP contribution in [0.4, 0.5) is 4.79 Å². The zero-order valence-corrected chi connectivity index (χ0v) is 21.5. The Labute approximate surface area is 213 Å². The molecule has 8 nitrogen and oxygen atoms in total. The molecule has 0 spiro atoms. The Balaban J connectivity index is 1.75. The van der Waals surface area contributed by atoms with Crippen molar-refractivity contribution in [1.29, 1.82) is 0 Å². The van der Waals surface area contributed by atoms with Crippen molar-refractivity contribution in [3.05, 3.63) is 77.7 Å². The first-order valence-corrected chi connectivity index (χ1v) is 13.9. The van der Waals surface area contributed by atoms with Gasteiger partial charge in [0, 0.05) is 31.0 Å². The molecule has 1 aliphatic heterocycles. The molecule has 0 bridgehead atoms. The summed E-state index contributed by atoms with van der Waals surface area (Å²) in [6.45, 7) is 3.88. The van der Waals surface area contributed by atoms with E-state index in [4.69, 9.17) is 4.74 Å². The van der Waals surface area contributed by atoms with E-state index in [0.717, 1.165) is 23.8 Å². The van der Waals surface area contributed by atoms with E-state index < -0.39 is 21.9 Å². The second-order valence-corrected chi connectivity index (χ2v) is 10.6. The van der Waals surface area contributed by atoms with Gasteiger partial charge in [-0.15, -0.1) is 0 Å². The van der Waals surface area contributed by atoms with E-state index in [2.05, 4.69) is 10.6 Å². The fraction of sp³-hybridized carbons (Fsp3) is 0.407. The standard InChI is InChI=1S/C27H35N3O5S/c1-2-3-12-23(15-20-36(33,34)24-13-8-5-9-14-24)28-26(31)25(21-22-10-6-4-7-11-22)29-27(32)30-16-18-35-19-17-30/h4-11,13-15,20,23,25H,2-3,12,16-19,21H2,1H3,(H,28,31)(H,29,32)/t23-,25-/m0/s1. The van der Waals surface area contributed by atoms with Crippen molar-refractivity contribution in [2.45, 2.75) is 49.6 Å². The minimum atomic E-state index is -3.64. The van der Waals surface area contributed by atoms with Crippen LogP contribution in [0.5, 0.6) is 0 Å². The second kappa shape index (κ2) is 13.8. The number of benzene rings is 2. The minimum Gasteiger partial charge on any atom is -0.378 e. The van der Waals surface area contributed by atoms with Gasteiger partial charge < -0.3 is 20.3 Å². The number of hydrogen-bond acceptors (Lipinski definition) is 5. The Morgan fingerprint density at radius 2 is 1.64 bits per heavy atom. The number of amides is 3. The van der Waals surface area contributed by atoms with Crippen molar-refractivity contribution in [2.75, 3.05) is 26.3 Å². The van der Waals surface area contributed by atoms with E-state index in [1.807, 2.05) is 37.3 Å². The molecule has 1 aliphatic rings. The molecule has 0 unspecified atom stereocenters. The van der Waals surface area contributed by atoms with Gasteiger partial charge in [0.05, 0.1) is 18.1 Å². The highest BCUT2D eigenvalue weighted by Crippen LogP contribution is 2.13. The monoisotopic (exact) mass is 513 g/mol. The number of carbonyl (C=O) groups is 2. The van der Waals surface area contributed by atoms with Crippen LogP contribution in [0.1, 0.15) is 31.7 Å². The van der Waals surface area contributed by atoms with Crippen molar-refractivity contribution in [2.24, 2.45) is 0 Å². The van der Waals surface area contributed by atoms with Crippen LogP contribution in [-0.2, 0) is 25.8 Å². The third kappa shape index (κ3) is 8.49. The number of rotatable bonds is 11. The molecular formula is C27H35N3O5S. The fourth-order valence-corrected chi connectivity index (χ4v) is 4.97. The molecule has 1 fully saturated rings. The van der Waals surface area contributed by atoms with E-state index in [1.165, 1.54) is 18.2 Å². The van der Waals surface area contributed by atoms with Gasteiger partial charge in [0.25, 0.3) is 0 Å². The van der Waals surface area contributed by atoms with E-state index in [9.17, 15) is 18.0 Å². The summed E-state index contributed by atoms with van der Waals surface area (Å²) in [6, 6.07) is 16.0. The fourth-order valence-electron chi connectivity index (χ4n) is 3.88. The molecule has 1 heterocycles. The quantitative estimate of drug-likeness (QED) is 0.480. The van der Waals surface area contributed by atoms with Crippen LogP contribution in [0.15, 0.2) is 77.0 Å². The van der Waals surface area contributed by atoms with Gasteiger partial charge in [-0.05, 0) is 24.1 Å². The van der Waals surface area contributed by atoms with Gasteiger partial charge in [-0.3, -0.25) is 4.79 Å². The van der Waals surface area contributed by atoms with Crippen LogP contribution in [0.25, 0.3) is 0 Å². The predicted molar refractivity (Wildman–Crippen MR) is 139 cm³/mol.